The molecule has 0 bridgehead atoms. The van der Waals surface area contributed by atoms with Crippen molar-refractivity contribution in [2.24, 2.45) is 5.73 Å². The maximum atomic E-state index is 9.53. The molecular formula is C11H12ClN3O. The van der Waals surface area contributed by atoms with Crippen molar-refractivity contribution >= 4 is 11.6 Å². The van der Waals surface area contributed by atoms with E-state index in [0.29, 0.717) is 10.6 Å². The lowest BCUT2D eigenvalue weighted by Gasteiger charge is -2.03. The molecule has 0 saturated heterocycles. The van der Waals surface area contributed by atoms with Crippen LogP contribution < -0.4 is 5.73 Å². The SMILES string of the molecule is NCC(O)c1cnn(-c2ccc(Cl)cc2)c1. The molecule has 0 spiro atoms. The lowest BCUT2D eigenvalue weighted by Crippen LogP contribution is -2.10. The normalized spacial score (nSPS) is 12.7. The summed E-state index contributed by atoms with van der Waals surface area (Å²) >= 11 is 5.79. The predicted octanol–water partition coefficient (Wildman–Crippen LogP) is 1.52. The molecule has 0 aliphatic carbocycles. The Hall–Kier alpha value is -1.36. The number of rotatable bonds is 3. The van der Waals surface area contributed by atoms with Gasteiger partial charge in [0.15, 0.2) is 0 Å². The topological polar surface area (TPSA) is 64.1 Å². The first-order chi connectivity index (χ1) is 7.70. The summed E-state index contributed by atoms with van der Waals surface area (Å²) < 4.78 is 1.67. The van der Waals surface area contributed by atoms with Crippen LogP contribution in [0.1, 0.15) is 11.7 Å². The Balaban J connectivity index is 2.28. The van der Waals surface area contributed by atoms with E-state index in [0.717, 1.165) is 5.69 Å². The van der Waals surface area contributed by atoms with Gasteiger partial charge < -0.3 is 10.8 Å². The van der Waals surface area contributed by atoms with Crippen molar-refractivity contribution in [2.45, 2.75) is 6.10 Å². The highest BCUT2D eigenvalue weighted by Crippen LogP contribution is 2.15. The van der Waals surface area contributed by atoms with Crippen molar-refractivity contribution in [1.82, 2.24) is 9.78 Å². The van der Waals surface area contributed by atoms with Crippen LogP contribution in [-0.2, 0) is 0 Å². The molecule has 1 unspecified atom stereocenters. The van der Waals surface area contributed by atoms with E-state index in [1.165, 1.54) is 0 Å². The second kappa shape index (κ2) is 4.65. The van der Waals surface area contributed by atoms with Gasteiger partial charge in [-0.05, 0) is 24.3 Å². The van der Waals surface area contributed by atoms with Crippen molar-refractivity contribution in [1.29, 1.82) is 0 Å². The van der Waals surface area contributed by atoms with Crippen LogP contribution in [0.5, 0.6) is 0 Å². The molecule has 2 aromatic rings. The Morgan fingerprint density at radius 2 is 2.06 bits per heavy atom. The fraction of sp³-hybridized carbons (Fsp3) is 0.182. The van der Waals surface area contributed by atoms with Crippen LogP contribution in [0, 0.1) is 0 Å². The monoisotopic (exact) mass is 237 g/mol. The second-order valence-corrected chi connectivity index (χ2v) is 3.88. The first-order valence-corrected chi connectivity index (χ1v) is 5.27. The van der Waals surface area contributed by atoms with Crippen molar-refractivity contribution in [3.63, 3.8) is 0 Å². The van der Waals surface area contributed by atoms with Gasteiger partial charge in [0, 0.05) is 23.3 Å². The predicted molar refractivity (Wildman–Crippen MR) is 62.6 cm³/mol. The van der Waals surface area contributed by atoms with Gasteiger partial charge >= 0.3 is 0 Å². The number of hydrogen-bond acceptors (Lipinski definition) is 3. The third kappa shape index (κ3) is 2.24. The molecule has 1 aromatic heterocycles. The average Bonchev–Trinajstić information content (AvgIpc) is 2.78. The maximum Gasteiger partial charge on any atom is 0.0942 e. The van der Waals surface area contributed by atoms with Gasteiger partial charge in [0.2, 0.25) is 0 Å². The summed E-state index contributed by atoms with van der Waals surface area (Å²) in [7, 11) is 0. The molecule has 16 heavy (non-hydrogen) atoms. The number of benzene rings is 1. The molecule has 0 fully saturated rings. The molecule has 0 aliphatic rings. The number of hydrogen-bond donors (Lipinski definition) is 2. The highest BCUT2D eigenvalue weighted by Gasteiger charge is 2.08. The first kappa shape index (κ1) is 11.1. The quantitative estimate of drug-likeness (QED) is 0.851. The first-order valence-electron chi connectivity index (χ1n) is 4.89. The summed E-state index contributed by atoms with van der Waals surface area (Å²) in [5, 5.41) is 14.4. The van der Waals surface area contributed by atoms with Crippen LogP contribution in [0.4, 0.5) is 0 Å². The summed E-state index contributed by atoms with van der Waals surface area (Å²) in [6.45, 7) is 0.187. The summed E-state index contributed by atoms with van der Waals surface area (Å²) in [5.41, 5.74) is 6.96. The molecule has 84 valence electrons. The number of halogens is 1. The summed E-state index contributed by atoms with van der Waals surface area (Å²) in [6.07, 6.45) is 2.69. The van der Waals surface area contributed by atoms with Crippen LogP contribution in [0.15, 0.2) is 36.7 Å². The molecule has 0 radical (unpaired) electrons. The Bertz CT molecular complexity index is 466. The lowest BCUT2D eigenvalue weighted by atomic mass is 10.2. The van der Waals surface area contributed by atoms with Gasteiger partial charge in [0.25, 0.3) is 0 Å². The van der Waals surface area contributed by atoms with E-state index >= 15 is 0 Å². The third-order valence-electron chi connectivity index (χ3n) is 2.30. The summed E-state index contributed by atoms with van der Waals surface area (Å²) in [5.74, 6) is 0. The molecule has 2 rings (SSSR count). The zero-order valence-corrected chi connectivity index (χ0v) is 9.30. The van der Waals surface area contributed by atoms with E-state index in [1.807, 2.05) is 12.1 Å². The second-order valence-electron chi connectivity index (χ2n) is 3.45. The zero-order valence-electron chi connectivity index (χ0n) is 8.55. The molecule has 5 heteroatoms. The minimum absolute atomic E-state index is 0.187. The Kier molecular flexibility index (Phi) is 3.24. The molecular weight excluding hydrogens is 226 g/mol. The van der Waals surface area contributed by atoms with Gasteiger partial charge in [-0.25, -0.2) is 4.68 Å². The number of nitrogens with two attached hydrogens (primary N) is 1. The Labute approximate surface area is 98.3 Å². The number of aliphatic hydroxyl groups is 1. The number of aromatic nitrogens is 2. The molecule has 1 heterocycles. The Morgan fingerprint density at radius 1 is 1.38 bits per heavy atom. The van der Waals surface area contributed by atoms with Crippen molar-refractivity contribution < 1.29 is 5.11 Å². The van der Waals surface area contributed by atoms with Crippen molar-refractivity contribution in [3.05, 3.63) is 47.2 Å². The lowest BCUT2D eigenvalue weighted by molar-refractivity contribution is 0.186. The van der Waals surface area contributed by atoms with Gasteiger partial charge in [-0.1, -0.05) is 11.6 Å². The van der Waals surface area contributed by atoms with Gasteiger partial charge in [-0.2, -0.15) is 5.10 Å². The third-order valence-corrected chi connectivity index (χ3v) is 2.55. The van der Waals surface area contributed by atoms with Crippen molar-refractivity contribution in [2.75, 3.05) is 6.54 Å². The van der Waals surface area contributed by atoms with E-state index in [-0.39, 0.29) is 6.54 Å². The minimum Gasteiger partial charge on any atom is -0.387 e. The van der Waals surface area contributed by atoms with Gasteiger partial charge in [0.1, 0.15) is 0 Å². The molecule has 1 atom stereocenters. The van der Waals surface area contributed by atoms with E-state index in [4.69, 9.17) is 17.3 Å². The van der Waals surface area contributed by atoms with Crippen LogP contribution in [0.25, 0.3) is 5.69 Å². The zero-order chi connectivity index (χ0) is 11.5. The molecule has 3 N–H and O–H groups in total. The highest BCUT2D eigenvalue weighted by molar-refractivity contribution is 6.30. The standard InChI is InChI=1S/C11H12ClN3O/c12-9-1-3-10(4-2-9)15-7-8(6-14-15)11(16)5-13/h1-4,6-7,11,16H,5,13H2. The summed E-state index contributed by atoms with van der Waals surface area (Å²) in [4.78, 5) is 0. The van der Waals surface area contributed by atoms with Crippen LogP contribution in [0.2, 0.25) is 5.02 Å². The van der Waals surface area contributed by atoms with Gasteiger partial charge in [-0.15, -0.1) is 0 Å². The molecule has 4 nitrogen and oxygen atoms in total. The van der Waals surface area contributed by atoms with Crippen LogP contribution in [-0.4, -0.2) is 21.4 Å². The van der Waals surface area contributed by atoms with Gasteiger partial charge in [0.05, 0.1) is 18.0 Å². The smallest absolute Gasteiger partial charge is 0.0942 e. The van der Waals surface area contributed by atoms with Crippen LogP contribution in [0.3, 0.4) is 0 Å². The Morgan fingerprint density at radius 3 is 2.69 bits per heavy atom. The fourth-order valence-corrected chi connectivity index (χ4v) is 1.51. The summed E-state index contributed by atoms with van der Waals surface area (Å²) in [6, 6.07) is 7.29. The average molecular weight is 238 g/mol. The van der Waals surface area contributed by atoms with Gasteiger partial charge in [-0.3, -0.25) is 0 Å². The maximum absolute atomic E-state index is 9.53. The largest absolute Gasteiger partial charge is 0.387 e. The molecule has 0 saturated carbocycles. The number of nitrogens with zero attached hydrogens (tertiary/aromatic N) is 2. The molecule has 1 aromatic carbocycles. The minimum atomic E-state index is -0.666. The van der Waals surface area contributed by atoms with E-state index in [9.17, 15) is 5.11 Å². The molecule has 0 aliphatic heterocycles. The van der Waals surface area contributed by atoms with E-state index in [2.05, 4.69) is 5.10 Å². The number of aliphatic hydroxyl groups excluding tert-OH is 1. The van der Waals surface area contributed by atoms with Crippen molar-refractivity contribution in [3.8, 4) is 5.69 Å². The van der Waals surface area contributed by atoms with Crippen LogP contribution >= 0.6 is 11.6 Å². The fourth-order valence-electron chi connectivity index (χ4n) is 1.38. The van der Waals surface area contributed by atoms with E-state index in [1.54, 1.807) is 29.2 Å². The van der Waals surface area contributed by atoms with E-state index < -0.39 is 6.10 Å². The highest BCUT2D eigenvalue weighted by atomic mass is 35.5. The molecule has 0 amide bonds.